The number of fused-ring (bicyclic) bond motifs is 1. The molecule has 0 bridgehead atoms. The Labute approximate surface area is 98.5 Å². The summed E-state index contributed by atoms with van der Waals surface area (Å²) in [5.41, 5.74) is 4.27. The van der Waals surface area contributed by atoms with E-state index in [1.54, 1.807) is 12.1 Å². The van der Waals surface area contributed by atoms with Crippen LogP contribution < -0.4 is 15.2 Å². The lowest BCUT2D eigenvalue weighted by molar-refractivity contribution is 0.0623. The van der Waals surface area contributed by atoms with Gasteiger partial charge >= 0.3 is 0 Å². The molecule has 1 aromatic carbocycles. The van der Waals surface area contributed by atoms with Crippen molar-refractivity contribution < 1.29 is 18.3 Å². The predicted octanol–water partition coefficient (Wildman–Crippen LogP) is 2.29. The van der Waals surface area contributed by atoms with Crippen molar-refractivity contribution in [2.75, 3.05) is 13.2 Å². The minimum atomic E-state index is -2.63. The van der Waals surface area contributed by atoms with E-state index in [0.717, 1.165) is 6.42 Å². The first-order valence-corrected chi connectivity index (χ1v) is 5.49. The standard InChI is InChI=1S/C12H15F2NO2/c1-12(15,11(13)14)8-3-4-9-10(7-8)17-6-2-5-16-9/h3-4,7,11H,2,5-6,15H2,1H3. The monoisotopic (exact) mass is 243 g/mol. The molecule has 0 amide bonds. The summed E-state index contributed by atoms with van der Waals surface area (Å²) >= 11 is 0. The van der Waals surface area contributed by atoms with Gasteiger partial charge in [0.15, 0.2) is 11.5 Å². The van der Waals surface area contributed by atoms with Gasteiger partial charge in [-0.2, -0.15) is 0 Å². The molecular weight excluding hydrogens is 228 g/mol. The molecule has 1 atom stereocenters. The van der Waals surface area contributed by atoms with Crippen molar-refractivity contribution in [3.05, 3.63) is 23.8 Å². The van der Waals surface area contributed by atoms with Gasteiger partial charge in [-0.05, 0) is 24.6 Å². The van der Waals surface area contributed by atoms with Gasteiger partial charge in [0.05, 0.1) is 18.8 Å². The fourth-order valence-corrected chi connectivity index (χ4v) is 1.62. The van der Waals surface area contributed by atoms with Crippen LogP contribution in [-0.2, 0) is 5.54 Å². The van der Waals surface area contributed by atoms with Crippen LogP contribution in [0.15, 0.2) is 18.2 Å². The van der Waals surface area contributed by atoms with E-state index in [1.165, 1.54) is 13.0 Å². The molecule has 0 saturated heterocycles. The Hall–Kier alpha value is -1.36. The molecule has 2 rings (SSSR count). The molecule has 0 aliphatic carbocycles. The molecule has 0 aromatic heterocycles. The molecule has 0 fully saturated rings. The van der Waals surface area contributed by atoms with Crippen LogP contribution in [0.5, 0.6) is 11.5 Å². The van der Waals surface area contributed by atoms with E-state index < -0.39 is 12.0 Å². The Morgan fingerprint density at radius 3 is 2.53 bits per heavy atom. The van der Waals surface area contributed by atoms with Crippen molar-refractivity contribution in [1.82, 2.24) is 0 Å². The molecule has 1 aromatic rings. The van der Waals surface area contributed by atoms with Crippen LogP contribution in [0.4, 0.5) is 8.78 Å². The second kappa shape index (κ2) is 4.49. The lowest BCUT2D eigenvalue weighted by Gasteiger charge is -2.24. The molecule has 1 aliphatic heterocycles. The number of benzene rings is 1. The van der Waals surface area contributed by atoms with Gasteiger partial charge < -0.3 is 15.2 Å². The Morgan fingerprint density at radius 2 is 1.88 bits per heavy atom. The van der Waals surface area contributed by atoms with Gasteiger partial charge in [0, 0.05) is 6.42 Å². The molecular formula is C12H15F2NO2. The fourth-order valence-electron chi connectivity index (χ4n) is 1.62. The highest BCUT2D eigenvalue weighted by Crippen LogP contribution is 2.35. The maximum Gasteiger partial charge on any atom is 0.260 e. The first-order valence-electron chi connectivity index (χ1n) is 5.49. The van der Waals surface area contributed by atoms with Crippen LogP contribution in [0.1, 0.15) is 18.9 Å². The zero-order valence-corrected chi connectivity index (χ0v) is 9.58. The number of ether oxygens (including phenoxy) is 2. The van der Waals surface area contributed by atoms with E-state index in [4.69, 9.17) is 15.2 Å². The average Bonchev–Trinajstić information content (AvgIpc) is 2.52. The third-order valence-corrected chi connectivity index (χ3v) is 2.82. The largest absolute Gasteiger partial charge is 0.490 e. The summed E-state index contributed by atoms with van der Waals surface area (Å²) in [4.78, 5) is 0. The molecule has 0 saturated carbocycles. The Morgan fingerprint density at radius 1 is 1.24 bits per heavy atom. The van der Waals surface area contributed by atoms with Crippen LogP contribution in [0.2, 0.25) is 0 Å². The summed E-state index contributed by atoms with van der Waals surface area (Å²) in [6.45, 7) is 2.39. The number of nitrogens with two attached hydrogens (primary N) is 1. The lowest BCUT2D eigenvalue weighted by Crippen LogP contribution is -2.40. The number of hydrogen-bond donors (Lipinski definition) is 1. The summed E-state index contributed by atoms with van der Waals surface area (Å²) in [6.07, 6.45) is -1.86. The molecule has 3 nitrogen and oxygen atoms in total. The second-order valence-electron chi connectivity index (χ2n) is 4.30. The van der Waals surface area contributed by atoms with Gasteiger partial charge in [-0.15, -0.1) is 0 Å². The van der Waals surface area contributed by atoms with Crippen molar-refractivity contribution in [3.8, 4) is 11.5 Å². The first kappa shape index (κ1) is 12.1. The molecule has 94 valence electrons. The molecule has 1 heterocycles. The van der Waals surface area contributed by atoms with Gasteiger partial charge in [-0.3, -0.25) is 0 Å². The summed E-state index contributed by atoms with van der Waals surface area (Å²) in [6, 6.07) is 4.72. The number of hydrogen-bond acceptors (Lipinski definition) is 3. The summed E-state index contributed by atoms with van der Waals surface area (Å²) in [7, 11) is 0. The van der Waals surface area contributed by atoms with Crippen LogP contribution in [-0.4, -0.2) is 19.6 Å². The fraction of sp³-hybridized carbons (Fsp3) is 0.500. The normalized spacial score (nSPS) is 18.6. The van der Waals surface area contributed by atoms with Gasteiger partial charge in [0.2, 0.25) is 0 Å². The van der Waals surface area contributed by atoms with E-state index in [1.807, 2.05) is 0 Å². The Bertz CT molecular complexity index is 407. The molecule has 5 heteroatoms. The van der Waals surface area contributed by atoms with E-state index >= 15 is 0 Å². The highest BCUT2D eigenvalue weighted by atomic mass is 19.3. The lowest BCUT2D eigenvalue weighted by atomic mass is 9.93. The van der Waals surface area contributed by atoms with Crippen molar-refractivity contribution in [3.63, 3.8) is 0 Å². The second-order valence-corrected chi connectivity index (χ2v) is 4.30. The smallest absolute Gasteiger partial charge is 0.260 e. The van der Waals surface area contributed by atoms with E-state index in [2.05, 4.69) is 0 Å². The zero-order chi connectivity index (χ0) is 12.5. The van der Waals surface area contributed by atoms with Crippen molar-refractivity contribution in [1.29, 1.82) is 0 Å². The van der Waals surface area contributed by atoms with Crippen LogP contribution in [0.25, 0.3) is 0 Å². The minimum absolute atomic E-state index is 0.344. The Kier molecular flexibility index (Phi) is 3.19. The molecule has 2 N–H and O–H groups in total. The molecule has 1 unspecified atom stereocenters. The van der Waals surface area contributed by atoms with Crippen molar-refractivity contribution in [2.45, 2.75) is 25.3 Å². The first-order chi connectivity index (χ1) is 8.01. The third kappa shape index (κ3) is 2.34. The zero-order valence-electron chi connectivity index (χ0n) is 9.58. The van der Waals surface area contributed by atoms with Gasteiger partial charge in [-0.1, -0.05) is 6.07 Å². The van der Waals surface area contributed by atoms with E-state index in [0.29, 0.717) is 30.3 Å². The maximum atomic E-state index is 12.8. The highest BCUT2D eigenvalue weighted by Gasteiger charge is 2.33. The summed E-state index contributed by atoms with van der Waals surface area (Å²) in [5.74, 6) is 1.06. The van der Waals surface area contributed by atoms with E-state index in [9.17, 15) is 8.78 Å². The summed E-state index contributed by atoms with van der Waals surface area (Å²) < 4.78 is 36.5. The van der Waals surface area contributed by atoms with Gasteiger partial charge in [0.1, 0.15) is 0 Å². The SMILES string of the molecule is CC(N)(c1ccc2c(c1)OCCCO2)C(F)F. The number of alkyl halides is 2. The molecule has 0 spiro atoms. The predicted molar refractivity (Wildman–Crippen MR) is 59.6 cm³/mol. The van der Waals surface area contributed by atoms with Gasteiger partial charge in [-0.25, -0.2) is 8.78 Å². The number of halogens is 2. The maximum absolute atomic E-state index is 12.8. The van der Waals surface area contributed by atoms with E-state index in [-0.39, 0.29) is 0 Å². The van der Waals surface area contributed by atoms with Gasteiger partial charge in [0.25, 0.3) is 6.43 Å². The number of rotatable bonds is 2. The Balaban J connectivity index is 2.35. The topological polar surface area (TPSA) is 44.5 Å². The third-order valence-electron chi connectivity index (χ3n) is 2.82. The molecule has 0 radical (unpaired) electrons. The van der Waals surface area contributed by atoms with Crippen molar-refractivity contribution >= 4 is 0 Å². The molecule has 17 heavy (non-hydrogen) atoms. The molecule has 1 aliphatic rings. The van der Waals surface area contributed by atoms with Crippen molar-refractivity contribution in [2.24, 2.45) is 5.73 Å². The van der Waals surface area contributed by atoms with Crippen LogP contribution in [0, 0.1) is 0 Å². The average molecular weight is 243 g/mol. The minimum Gasteiger partial charge on any atom is -0.490 e. The highest BCUT2D eigenvalue weighted by molar-refractivity contribution is 5.45. The van der Waals surface area contributed by atoms with Crippen LogP contribution >= 0.6 is 0 Å². The quantitative estimate of drug-likeness (QED) is 0.866. The van der Waals surface area contributed by atoms with Crippen LogP contribution in [0.3, 0.4) is 0 Å². The summed E-state index contributed by atoms with van der Waals surface area (Å²) in [5, 5.41) is 0.